The van der Waals surface area contributed by atoms with Crippen molar-refractivity contribution in [1.29, 1.82) is 0 Å². The van der Waals surface area contributed by atoms with Gasteiger partial charge in [-0.25, -0.2) is 0 Å². The minimum absolute atomic E-state index is 0.943. The number of benzene rings is 9. The van der Waals surface area contributed by atoms with E-state index in [1.54, 1.807) is 0 Å². The van der Waals surface area contributed by atoms with Gasteiger partial charge in [-0.1, -0.05) is 170 Å². The Morgan fingerprint density at radius 1 is 0.424 bits per heavy atom. The number of aromatic nitrogens is 1. The summed E-state index contributed by atoms with van der Waals surface area (Å²) in [6, 6.07) is 75.0. The van der Waals surface area contributed by atoms with E-state index in [0.29, 0.717) is 0 Å². The Labute approximate surface area is 344 Å². The van der Waals surface area contributed by atoms with Gasteiger partial charge in [0.2, 0.25) is 0 Å². The second kappa shape index (κ2) is 14.7. The zero-order valence-electron chi connectivity index (χ0n) is 32.5. The van der Waals surface area contributed by atoms with Crippen LogP contribution in [0, 0.1) is 0 Å². The highest BCUT2D eigenvalue weighted by Crippen LogP contribution is 2.41. The standard InChI is InChI=1S/C57H40N2/c1-4-13-40(14-5-1)42-27-33-49(34-28-42)58(54-22-12-17-45-16-10-11-20-51(45)54)50-35-29-43(30-36-50)41-23-25-44(26-24-41)47-32-37-55-53(39-47)57-52-21-9-2-6-15-46(52)31-38-56(57)59(55)48-18-7-3-8-19-48/h1-5,7-39H,6H2. The topological polar surface area (TPSA) is 8.17 Å². The highest BCUT2D eigenvalue weighted by molar-refractivity contribution is 6.11. The van der Waals surface area contributed by atoms with Crippen molar-refractivity contribution in [2.45, 2.75) is 6.42 Å². The molecule has 0 amide bonds. The van der Waals surface area contributed by atoms with E-state index in [2.05, 4.69) is 240 Å². The number of para-hydroxylation sites is 1. The summed E-state index contributed by atoms with van der Waals surface area (Å²) in [5.74, 6) is 0. The van der Waals surface area contributed by atoms with Crippen LogP contribution in [-0.4, -0.2) is 4.57 Å². The quantitative estimate of drug-likeness (QED) is 0.157. The number of rotatable bonds is 7. The van der Waals surface area contributed by atoms with Crippen LogP contribution in [0.4, 0.5) is 17.1 Å². The average Bonchev–Trinajstić information content (AvgIpc) is 3.44. The predicted octanol–water partition coefficient (Wildman–Crippen LogP) is 13.9. The summed E-state index contributed by atoms with van der Waals surface area (Å²) in [5.41, 5.74) is 14.2. The van der Waals surface area contributed by atoms with Gasteiger partial charge in [0.15, 0.2) is 0 Å². The fraction of sp³-hybridized carbons (Fsp3) is 0.0175. The van der Waals surface area contributed by atoms with E-state index in [1.165, 1.54) is 82.1 Å². The molecule has 2 heteroatoms. The third-order valence-corrected chi connectivity index (χ3v) is 11.8. The highest BCUT2D eigenvalue weighted by Gasteiger charge is 2.17. The minimum atomic E-state index is 0.943. The van der Waals surface area contributed by atoms with Gasteiger partial charge in [-0.3, -0.25) is 0 Å². The lowest BCUT2D eigenvalue weighted by Gasteiger charge is -2.27. The maximum Gasteiger partial charge on any atom is 0.0547 e. The van der Waals surface area contributed by atoms with Gasteiger partial charge in [0, 0.05) is 33.2 Å². The van der Waals surface area contributed by atoms with Gasteiger partial charge in [0.1, 0.15) is 0 Å². The summed E-state index contributed by atoms with van der Waals surface area (Å²) in [6.07, 6.45) is 9.99. The SMILES string of the molecule is C1=CCC=c2ccc3c(c2=C1)c1cc(-c2ccc(-c4ccc(N(c5ccc(-c6ccccc6)cc5)c5cccc6ccccc56)cc4)cc2)ccc1n3-c1ccccc1. The molecule has 1 aliphatic rings. The lowest BCUT2D eigenvalue weighted by atomic mass is 9.98. The summed E-state index contributed by atoms with van der Waals surface area (Å²) in [7, 11) is 0. The highest BCUT2D eigenvalue weighted by atomic mass is 15.1. The third kappa shape index (κ3) is 6.23. The Morgan fingerprint density at radius 2 is 0.983 bits per heavy atom. The first kappa shape index (κ1) is 34.6. The first-order chi connectivity index (χ1) is 29.3. The van der Waals surface area contributed by atoms with Gasteiger partial charge in [0.25, 0.3) is 0 Å². The van der Waals surface area contributed by atoms with E-state index in [1.807, 2.05) is 0 Å². The summed E-state index contributed by atoms with van der Waals surface area (Å²) < 4.78 is 2.41. The molecule has 0 bridgehead atoms. The van der Waals surface area contributed by atoms with Crippen LogP contribution in [0.2, 0.25) is 0 Å². The van der Waals surface area contributed by atoms with Crippen molar-refractivity contribution in [3.8, 4) is 39.1 Å². The van der Waals surface area contributed by atoms with Crippen molar-refractivity contribution in [3.05, 3.63) is 229 Å². The van der Waals surface area contributed by atoms with Crippen molar-refractivity contribution in [2.75, 3.05) is 4.90 Å². The molecule has 59 heavy (non-hydrogen) atoms. The second-order valence-electron chi connectivity index (χ2n) is 15.3. The van der Waals surface area contributed by atoms with Crippen molar-refractivity contribution in [1.82, 2.24) is 4.57 Å². The normalized spacial score (nSPS) is 12.2. The molecular formula is C57H40N2. The lowest BCUT2D eigenvalue weighted by molar-refractivity contribution is 1.18. The minimum Gasteiger partial charge on any atom is -0.310 e. The second-order valence-corrected chi connectivity index (χ2v) is 15.3. The molecule has 278 valence electrons. The van der Waals surface area contributed by atoms with E-state index in [0.717, 1.165) is 23.5 Å². The average molecular weight is 753 g/mol. The van der Waals surface area contributed by atoms with E-state index < -0.39 is 0 Å². The molecule has 9 aromatic carbocycles. The van der Waals surface area contributed by atoms with Crippen LogP contribution in [0.25, 0.3) is 83.8 Å². The maximum absolute atomic E-state index is 2.41. The van der Waals surface area contributed by atoms with E-state index in [9.17, 15) is 0 Å². The molecule has 0 saturated carbocycles. The number of hydrogen-bond acceptors (Lipinski definition) is 1. The lowest BCUT2D eigenvalue weighted by Crippen LogP contribution is -2.24. The molecule has 0 fully saturated rings. The molecule has 0 atom stereocenters. The monoisotopic (exact) mass is 752 g/mol. The number of anilines is 3. The number of fused-ring (bicyclic) bond motifs is 6. The number of hydrogen-bond donors (Lipinski definition) is 0. The molecule has 0 aliphatic heterocycles. The number of allylic oxidation sites excluding steroid dienone is 2. The smallest absolute Gasteiger partial charge is 0.0547 e. The fourth-order valence-corrected chi connectivity index (χ4v) is 8.91. The molecule has 0 saturated heterocycles. The van der Waals surface area contributed by atoms with Crippen molar-refractivity contribution in [3.63, 3.8) is 0 Å². The number of nitrogens with zero attached hydrogens (tertiary/aromatic N) is 2. The van der Waals surface area contributed by atoms with Crippen LogP contribution >= 0.6 is 0 Å². The summed E-state index contributed by atoms with van der Waals surface area (Å²) in [5, 5.41) is 7.58. The Hall–Kier alpha value is -7.68. The molecule has 0 N–H and O–H groups in total. The first-order valence-electron chi connectivity index (χ1n) is 20.4. The molecule has 11 rings (SSSR count). The van der Waals surface area contributed by atoms with Gasteiger partial charge in [-0.05, 0) is 116 Å². The molecule has 1 aromatic heterocycles. The van der Waals surface area contributed by atoms with Crippen LogP contribution in [0.15, 0.2) is 218 Å². The Kier molecular flexibility index (Phi) is 8.60. The van der Waals surface area contributed by atoms with E-state index >= 15 is 0 Å². The molecule has 2 nitrogen and oxygen atoms in total. The summed E-state index contributed by atoms with van der Waals surface area (Å²) in [4.78, 5) is 2.37. The molecule has 0 spiro atoms. The Bertz CT molecular complexity index is 3300. The zero-order valence-corrected chi connectivity index (χ0v) is 32.5. The largest absolute Gasteiger partial charge is 0.310 e. The fourth-order valence-electron chi connectivity index (χ4n) is 8.91. The van der Waals surface area contributed by atoms with Crippen LogP contribution < -0.4 is 15.3 Å². The molecule has 1 aliphatic carbocycles. The van der Waals surface area contributed by atoms with Gasteiger partial charge in [0.05, 0.1) is 16.7 Å². The van der Waals surface area contributed by atoms with Gasteiger partial charge >= 0.3 is 0 Å². The molecule has 0 radical (unpaired) electrons. The zero-order chi connectivity index (χ0) is 39.1. The van der Waals surface area contributed by atoms with Crippen molar-refractivity contribution >= 4 is 61.8 Å². The Morgan fingerprint density at radius 3 is 1.69 bits per heavy atom. The van der Waals surface area contributed by atoms with Gasteiger partial charge in [-0.15, -0.1) is 0 Å². The maximum atomic E-state index is 2.41. The van der Waals surface area contributed by atoms with Crippen LogP contribution in [-0.2, 0) is 0 Å². The molecule has 0 unspecified atom stereocenters. The third-order valence-electron chi connectivity index (χ3n) is 11.8. The van der Waals surface area contributed by atoms with E-state index in [-0.39, 0.29) is 0 Å². The summed E-state index contributed by atoms with van der Waals surface area (Å²) >= 11 is 0. The van der Waals surface area contributed by atoms with Gasteiger partial charge in [-0.2, -0.15) is 0 Å². The van der Waals surface area contributed by atoms with Crippen LogP contribution in [0.1, 0.15) is 6.42 Å². The van der Waals surface area contributed by atoms with E-state index in [4.69, 9.17) is 0 Å². The molecule has 1 heterocycles. The molecule has 10 aromatic rings. The molecular weight excluding hydrogens is 713 g/mol. The first-order valence-corrected chi connectivity index (χ1v) is 20.4. The van der Waals surface area contributed by atoms with Gasteiger partial charge < -0.3 is 9.47 Å². The van der Waals surface area contributed by atoms with Crippen LogP contribution in [0.3, 0.4) is 0 Å². The Balaban J connectivity index is 0.955. The van der Waals surface area contributed by atoms with Crippen LogP contribution in [0.5, 0.6) is 0 Å². The summed E-state index contributed by atoms with van der Waals surface area (Å²) in [6.45, 7) is 0. The van der Waals surface area contributed by atoms with Crippen molar-refractivity contribution in [2.24, 2.45) is 0 Å². The predicted molar refractivity (Wildman–Crippen MR) is 251 cm³/mol. The van der Waals surface area contributed by atoms with Crippen molar-refractivity contribution < 1.29 is 0 Å².